The summed E-state index contributed by atoms with van der Waals surface area (Å²) < 4.78 is 1.66. The molecule has 0 aliphatic heterocycles. The second-order valence-electron chi connectivity index (χ2n) is 7.93. The zero-order valence-electron chi connectivity index (χ0n) is 18.1. The van der Waals surface area contributed by atoms with Crippen LogP contribution in [0.2, 0.25) is 0 Å². The molecule has 4 rings (SSSR count). The van der Waals surface area contributed by atoms with Crippen molar-refractivity contribution < 1.29 is 9.59 Å². The second kappa shape index (κ2) is 9.47. The lowest BCUT2D eigenvalue weighted by Gasteiger charge is -2.20. The van der Waals surface area contributed by atoms with Crippen molar-refractivity contribution in [3.05, 3.63) is 78.4 Å². The third kappa shape index (κ3) is 4.69. The lowest BCUT2D eigenvalue weighted by Crippen LogP contribution is -2.49. The minimum absolute atomic E-state index is 0.163. The van der Waals surface area contributed by atoms with Gasteiger partial charge in [0.25, 0.3) is 0 Å². The Balaban J connectivity index is 1.52. The molecule has 3 N–H and O–H groups in total. The number of pyridine rings is 1. The first-order chi connectivity index (χ1) is 15.5. The first kappa shape index (κ1) is 21.3. The Kier molecular flexibility index (Phi) is 6.30. The third-order valence-corrected chi connectivity index (χ3v) is 5.30. The number of nitrogens with zero attached hydrogens (tertiary/aromatic N) is 3. The Hall–Kier alpha value is -3.94. The van der Waals surface area contributed by atoms with Gasteiger partial charge in [-0.2, -0.15) is 5.10 Å². The van der Waals surface area contributed by atoms with Crippen molar-refractivity contribution in [1.29, 1.82) is 0 Å². The largest absolute Gasteiger partial charge is 0.361 e. The Morgan fingerprint density at radius 3 is 2.66 bits per heavy atom. The van der Waals surface area contributed by atoms with E-state index >= 15 is 0 Å². The Morgan fingerprint density at radius 1 is 1.03 bits per heavy atom. The van der Waals surface area contributed by atoms with Crippen LogP contribution in [0.15, 0.2) is 67.3 Å². The molecule has 0 aliphatic carbocycles. The maximum atomic E-state index is 13.2. The van der Waals surface area contributed by atoms with Crippen LogP contribution in [0.1, 0.15) is 25.0 Å². The topological polar surface area (TPSA) is 105 Å². The van der Waals surface area contributed by atoms with Crippen molar-refractivity contribution in [1.82, 2.24) is 30.4 Å². The van der Waals surface area contributed by atoms with E-state index in [4.69, 9.17) is 0 Å². The molecule has 1 atom stereocenters. The summed E-state index contributed by atoms with van der Waals surface area (Å²) in [5, 5.41) is 11.1. The normalized spacial score (nSPS) is 12.1. The average Bonchev–Trinajstić information content (AvgIpc) is 3.48. The van der Waals surface area contributed by atoms with Gasteiger partial charge in [-0.15, -0.1) is 0 Å². The summed E-state index contributed by atoms with van der Waals surface area (Å²) in [4.78, 5) is 33.2. The van der Waals surface area contributed by atoms with Crippen LogP contribution in [-0.4, -0.2) is 37.6 Å². The van der Waals surface area contributed by atoms with Gasteiger partial charge in [-0.25, -0.2) is 9.67 Å². The molecule has 3 aromatic heterocycles. The van der Waals surface area contributed by atoms with Crippen molar-refractivity contribution in [3.63, 3.8) is 0 Å². The molecular weight excluding hydrogens is 404 g/mol. The first-order valence-corrected chi connectivity index (χ1v) is 10.6. The number of nitrogens with one attached hydrogen (secondary N) is 3. The highest BCUT2D eigenvalue weighted by Crippen LogP contribution is 2.19. The molecule has 0 saturated heterocycles. The SMILES string of the molecule is CC(C)C(=O)NC(Cc1c[nH]c2ccccc12)C(=O)NCc1cccnc1-n1cccn1. The molecule has 1 unspecified atom stereocenters. The molecule has 1 aromatic carbocycles. The minimum Gasteiger partial charge on any atom is -0.361 e. The average molecular weight is 431 g/mol. The van der Waals surface area contributed by atoms with Crippen molar-refractivity contribution in [2.24, 2.45) is 5.92 Å². The molecule has 0 spiro atoms. The van der Waals surface area contributed by atoms with Crippen LogP contribution in [0.5, 0.6) is 0 Å². The Bertz CT molecular complexity index is 1210. The fraction of sp³-hybridized carbons (Fsp3) is 0.250. The number of aromatic nitrogens is 4. The quantitative estimate of drug-likeness (QED) is 0.400. The van der Waals surface area contributed by atoms with E-state index in [1.807, 2.05) is 62.5 Å². The molecule has 32 heavy (non-hydrogen) atoms. The monoisotopic (exact) mass is 430 g/mol. The van der Waals surface area contributed by atoms with E-state index in [1.165, 1.54) is 0 Å². The molecule has 0 fully saturated rings. The second-order valence-corrected chi connectivity index (χ2v) is 7.93. The third-order valence-electron chi connectivity index (χ3n) is 5.30. The predicted molar refractivity (Wildman–Crippen MR) is 122 cm³/mol. The number of carbonyl (C=O) groups excluding carboxylic acids is 2. The lowest BCUT2D eigenvalue weighted by atomic mass is 10.0. The molecular formula is C24H26N6O2. The van der Waals surface area contributed by atoms with Crippen LogP contribution in [0.4, 0.5) is 0 Å². The van der Waals surface area contributed by atoms with Crippen LogP contribution < -0.4 is 10.6 Å². The summed E-state index contributed by atoms with van der Waals surface area (Å²) in [5.41, 5.74) is 2.80. The number of amides is 2. The number of hydrogen-bond acceptors (Lipinski definition) is 4. The number of aromatic amines is 1. The summed E-state index contributed by atoms with van der Waals surface area (Å²) in [5.74, 6) is 0.0124. The number of para-hydroxylation sites is 1. The maximum absolute atomic E-state index is 13.2. The molecule has 0 aliphatic rings. The van der Waals surface area contributed by atoms with E-state index in [0.29, 0.717) is 12.2 Å². The highest BCUT2D eigenvalue weighted by molar-refractivity contribution is 5.90. The van der Waals surface area contributed by atoms with E-state index in [-0.39, 0.29) is 24.3 Å². The van der Waals surface area contributed by atoms with Crippen molar-refractivity contribution in [2.45, 2.75) is 32.9 Å². The fourth-order valence-corrected chi connectivity index (χ4v) is 3.54. The van der Waals surface area contributed by atoms with E-state index in [0.717, 1.165) is 22.0 Å². The van der Waals surface area contributed by atoms with Crippen molar-refractivity contribution in [3.8, 4) is 5.82 Å². The van der Waals surface area contributed by atoms with Gasteiger partial charge in [0.05, 0.1) is 0 Å². The number of carbonyl (C=O) groups is 2. The van der Waals surface area contributed by atoms with E-state index in [1.54, 1.807) is 23.3 Å². The zero-order valence-corrected chi connectivity index (χ0v) is 18.1. The van der Waals surface area contributed by atoms with E-state index in [9.17, 15) is 9.59 Å². The summed E-state index contributed by atoms with van der Waals surface area (Å²) in [7, 11) is 0. The number of fused-ring (bicyclic) bond motifs is 1. The van der Waals surface area contributed by atoms with Crippen LogP contribution in [-0.2, 0) is 22.6 Å². The highest BCUT2D eigenvalue weighted by atomic mass is 16.2. The lowest BCUT2D eigenvalue weighted by molar-refractivity contribution is -0.130. The summed E-state index contributed by atoms with van der Waals surface area (Å²) in [6.45, 7) is 3.88. The van der Waals surface area contributed by atoms with Gasteiger partial charge in [-0.05, 0) is 23.8 Å². The van der Waals surface area contributed by atoms with Crippen molar-refractivity contribution >= 4 is 22.7 Å². The fourth-order valence-electron chi connectivity index (χ4n) is 3.54. The molecule has 164 valence electrons. The Morgan fingerprint density at radius 2 is 1.88 bits per heavy atom. The van der Waals surface area contributed by atoms with Gasteiger partial charge in [-0.1, -0.05) is 38.1 Å². The number of hydrogen-bond donors (Lipinski definition) is 3. The standard InChI is InChI=1S/C24H26N6O2/c1-16(2)23(31)29-21(13-18-15-26-20-9-4-3-8-19(18)20)24(32)27-14-17-7-5-10-25-22(17)30-12-6-11-28-30/h3-12,15-16,21,26H,13-14H2,1-2H3,(H,27,32)(H,29,31). The van der Waals surface area contributed by atoms with E-state index in [2.05, 4.69) is 25.7 Å². The van der Waals surface area contributed by atoms with E-state index < -0.39 is 6.04 Å². The summed E-state index contributed by atoms with van der Waals surface area (Å²) >= 11 is 0. The van der Waals surface area contributed by atoms with Crippen LogP contribution in [0.3, 0.4) is 0 Å². The van der Waals surface area contributed by atoms with Gasteiger partial charge in [0.15, 0.2) is 5.82 Å². The van der Waals surface area contributed by atoms with Gasteiger partial charge in [0, 0.05) is 60.1 Å². The summed E-state index contributed by atoms with van der Waals surface area (Å²) in [6, 6.07) is 12.7. The number of benzene rings is 1. The van der Waals surface area contributed by atoms with Crippen LogP contribution >= 0.6 is 0 Å². The zero-order chi connectivity index (χ0) is 22.5. The van der Waals surface area contributed by atoms with Gasteiger partial charge in [-0.3, -0.25) is 9.59 Å². The number of H-pyrrole nitrogens is 1. The predicted octanol–water partition coefficient (Wildman–Crippen LogP) is 2.75. The minimum atomic E-state index is -0.700. The van der Waals surface area contributed by atoms with Crippen LogP contribution in [0, 0.1) is 5.92 Å². The molecule has 2 amide bonds. The molecule has 3 heterocycles. The Labute approximate surface area is 186 Å². The van der Waals surface area contributed by atoms with Crippen molar-refractivity contribution in [2.75, 3.05) is 0 Å². The molecule has 0 radical (unpaired) electrons. The van der Waals surface area contributed by atoms with Crippen LogP contribution in [0.25, 0.3) is 16.7 Å². The van der Waals surface area contributed by atoms with Gasteiger partial charge in [0.1, 0.15) is 6.04 Å². The first-order valence-electron chi connectivity index (χ1n) is 10.6. The molecule has 8 heteroatoms. The molecule has 4 aromatic rings. The summed E-state index contributed by atoms with van der Waals surface area (Å²) in [6.07, 6.45) is 7.44. The van der Waals surface area contributed by atoms with Gasteiger partial charge >= 0.3 is 0 Å². The smallest absolute Gasteiger partial charge is 0.243 e. The molecule has 0 bridgehead atoms. The van der Waals surface area contributed by atoms with Gasteiger partial charge < -0.3 is 15.6 Å². The highest BCUT2D eigenvalue weighted by Gasteiger charge is 2.24. The molecule has 8 nitrogen and oxygen atoms in total. The maximum Gasteiger partial charge on any atom is 0.243 e. The number of rotatable bonds is 8. The molecule has 0 saturated carbocycles. The van der Waals surface area contributed by atoms with Gasteiger partial charge in [0.2, 0.25) is 11.8 Å².